The van der Waals surface area contributed by atoms with Gasteiger partial charge >= 0.3 is 12.2 Å². The van der Waals surface area contributed by atoms with Crippen LogP contribution in [0.4, 0.5) is 18.4 Å². The Kier molecular flexibility index (Phi) is 11.0. The summed E-state index contributed by atoms with van der Waals surface area (Å²) in [5.41, 5.74) is 4.46. The zero-order valence-electron chi connectivity index (χ0n) is 37.7. The molecule has 342 valence electrons. The van der Waals surface area contributed by atoms with E-state index >= 15 is 8.78 Å². The number of carbonyl (C=O) groups is 4. The second-order valence-corrected chi connectivity index (χ2v) is 19.3. The Balaban J connectivity index is 0.971. The normalized spacial score (nSPS) is 22.3. The van der Waals surface area contributed by atoms with Crippen LogP contribution < -0.4 is 10.6 Å². The van der Waals surface area contributed by atoms with Crippen molar-refractivity contribution in [3.63, 3.8) is 0 Å². The van der Waals surface area contributed by atoms with Gasteiger partial charge in [0, 0.05) is 29.3 Å². The molecule has 1 spiro atoms. The number of aromatic nitrogens is 4. The van der Waals surface area contributed by atoms with E-state index in [0.29, 0.717) is 63.6 Å². The highest BCUT2D eigenvalue weighted by Gasteiger charge is 2.55. The summed E-state index contributed by atoms with van der Waals surface area (Å²) in [6.07, 6.45) is 3.89. The largest absolute Gasteiger partial charge is 0.465 e. The second kappa shape index (κ2) is 16.3. The lowest BCUT2D eigenvalue weighted by Gasteiger charge is -2.33. The fourth-order valence-electron chi connectivity index (χ4n) is 10.6. The summed E-state index contributed by atoms with van der Waals surface area (Å²) in [7, 11) is 1.27. The number of fused-ring (bicyclic) bond motifs is 4. The number of alkyl carbamates (subject to hydrolysis) is 1. The predicted molar refractivity (Wildman–Crippen MR) is 240 cm³/mol. The summed E-state index contributed by atoms with van der Waals surface area (Å²) in [5.74, 6) is -2.97. The lowest BCUT2D eigenvalue weighted by Crippen LogP contribution is -2.52. The topological polar surface area (TPSA) is 186 Å². The first-order chi connectivity index (χ1) is 30.9. The molecule has 16 heteroatoms. The molecule has 2 aliphatic heterocycles. The van der Waals surface area contributed by atoms with E-state index in [1.807, 2.05) is 49.9 Å². The Morgan fingerprint density at radius 2 is 1.51 bits per heavy atom. The Bertz CT molecular complexity index is 2710. The monoisotopic (exact) mass is 890 g/mol. The number of likely N-dealkylation sites (tertiary alicyclic amines) is 2. The zero-order chi connectivity index (χ0) is 46.3. The van der Waals surface area contributed by atoms with E-state index in [0.717, 1.165) is 31.2 Å². The van der Waals surface area contributed by atoms with Crippen molar-refractivity contribution < 1.29 is 37.8 Å². The number of aromatic amines is 2. The molecule has 0 radical (unpaired) electrons. The number of methoxy groups -OCH3 is 1. The maximum atomic E-state index is 16.7. The van der Waals surface area contributed by atoms with Crippen LogP contribution in [-0.4, -0.2) is 90.6 Å². The average molecular weight is 891 g/mol. The maximum Gasteiger partial charge on any atom is 0.407 e. The molecule has 2 aliphatic carbocycles. The molecular weight excluding hydrogens is 835 g/mol. The van der Waals surface area contributed by atoms with E-state index in [1.165, 1.54) is 13.2 Å². The number of benzene rings is 3. The van der Waals surface area contributed by atoms with Crippen molar-refractivity contribution in [3.8, 4) is 33.5 Å². The number of ether oxygens (including phenoxy) is 1. The highest BCUT2D eigenvalue weighted by Crippen LogP contribution is 2.59. The maximum absolute atomic E-state index is 16.7. The van der Waals surface area contributed by atoms with Gasteiger partial charge in [-0.05, 0) is 102 Å². The predicted octanol–water partition coefficient (Wildman–Crippen LogP) is 9.16. The van der Waals surface area contributed by atoms with Gasteiger partial charge in [0.15, 0.2) is 0 Å². The van der Waals surface area contributed by atoms with Crippen molar-refractivity contribution in [3.05, 3.63) is 83.6 Å². The Hall–Kier alpha value is -6.32. The number of nitrogens with one attached hydrogen (secondary N) is 4. The highest BCUT2D eigenvalue weighted by atomic mass is 19.3. The van der Waals surface area contributed by atoms with Crippen molar-refractivity contribution in [2.24, 2.45) is 23.2 Å². The molecule has 3 aromatic carbocycles. The molecule has 4 aliphatic rings. The van der Waals surface area contributed by atoms with Crippen LogP contribution >= 0.6 is 0 Å². The van der Waals surface area contributed by atoms with Crippen molar-refractivity contribution in [2.45, 2.75) is 110 Å². The third kappa shape index (κ3) is 7.67. The van der Waals surface area contributed by atoms with E-state index in [-0.39, 0.29) is 58.2 Å². The number of nitrogens with zero attached hydrogens (tertiary/aromatic N) is 4. The van der Waals surface area contributed by atoms with Gasteiger partial charge in [-0.25, -0.2) is 19.6 Å². The lowest BCUT2D eigenvalue weighted by atomic mass is 9.95. The molecule has 5 N–H and O–H groups in total. The highest BCUT2D eigenvalue weighted by molar-refractivity contribution is 5.89. The number of carboxylic acid groups (broad SMARTS) is 1. The van der Waals surface area contributed by atoms with Crippen LogP contribution in [0.5, 0.6) is 0 Å². The van der Waals surface area contributed by atoms with Gasteiger partial charge in [-0.15, -0.1) is 0 Å². The summed E-state index contributed by atoms with van der Waals surface area (Å²) in [5, 5.41) is 14.6. The molecule has 65 heavy (non-hydrogen) atoms. The van der Waals surface area contributed by atoms with Crippen molar-refractivity contribution in [2.75, 3.05) is 13.7 Å². The summed E-state index contributed by atoms with van der Waals surface area (Å²) in [6.45, 7) is 12.0. The van der Waals surface area contributed by atoms with Gasteiger partial charge in [-0.3, -0.25) is 9.59 Å². The van der Waals surface area contributed by atoms with E-state index in [1.54, 1.807) is 49.2 Å². The Labute approximate surface area is 375 Å². The van der Waals surface area contributed by atoms with Gasteiger partial charge in [0.1, 0.15) is 23.7 Å². The van der Waals surface area contributed by atoms with Gasteiger partial charge in [0.05, 0.1) is 42.1 Å². The van der Waals surface area contributed by atoms with Crippen LogP contribution in [0, 0.1) is 23.2 Å². The van der Waals surface area contributed by atoms with E-state index in [9.17, 15) is 24.3 Å². The van der Waals surface area contributed by atoms with Gasteiger partial charge in [0.2, 0.25) is 11.8 Å². The molecule has 0 bridgehead atoms. The van der Waals surface area contributed by atoms with E-state index < -0.39 is 36.2 Å². The molecule has 2 aromatic heterocycles. The molecule has 3 fully saturated rings. The van der Waals surface area contributed by atoms with Gasteiger partial charge < -0.3 is 40.2 Å². The summed E-state index contributed by atoms with van der Waals surface area (Å²) >= 11 is 0. The number of alkyl halides is 2. The molecule has 14 nitrogen and oxygen atoms in total. The van der Waals surface area contributed by atoms with E-state index in [2.05, 4.69) is 32.5 Å². The number of carbonyl (C=O) groups excluding carboxylic acids is 3. The van der Waals surface area contributed by atoms with Crippen molar-refractivity contribution in [1.82, 2.24) is 40.4 Å². The number of rotatable bonds is 11. The molecule has 6 atom stereocenters. The minimum absolute atomic E-state index is 0.0222. The second-order valence-electron chi connectivity index (χ2n) is 19.3. The molecule has 1 unspecified atom stereocenters. The molecular formula is C49H56F2N8O6. The first-order valence-electron chi connectivity index (χ1n) is 22.6. The van der Waals surface area contributed by atoms with Crippen LogP contribution in [0.15, 0.2) is 60.8 Å². The molecule has 4 heterocycles. The molecule has 2 saturated heterocycles. The average Bonchev–Trinajstić information content (AvgIpc) is 3.73. The van der Waals surface area contributed by atoms with Gasteiger partial charge in [0.25, 0.3) is 5.92 Å². The summed E-state index contributed by atoms with van der Waals surface area (Å²) in [4.78, 5) is 71.8. The minimum atomic E-state index is -3.30. The standard InChI is InChI=1S/C49H56F2N8O6/c1-8-27-17-26(6)59(45(61)40(25(4)5)57-47(64)65-7)41(27)43-53-35-14-11-29(20-36(35)54-43)28-9-12-31-32-13-10-30(19-34(32)49(50,51)33(31)18-28)37-22-52-42(55-37)38-21-48(15-16-48)23-58(38)44(60)39(24(2)3)56-46(62)63/h9-14,18-20,22,24-27,38-41,56H,8,15-17,21,23H2,1-7H3,(H,52,55)(H,53,54)(H,57,64)(H,62,63)/t26?,27-,38-,39-,40-,41-/m0/s1. The number of hydrogen-bond donors (Lipinski definition) is 5. The van der Waals surface area contributed by atoms with Gasteiger partial charge in [-0.1, -0.05) is 71.4 Å². The third-order valence-electron chi connectivity index (χ3n) is 14.3. The Morgan fingerprint density at radius 3 is 2.14 bits per heavy atom. The van der Waals surface area contributed by atoms with Crippen molar-refractivity contribution >= 4 is 35.0 Å². The van der Waals surface area contributed by atoms with Crippen LogP contribution in [0.1, 0.15) is 109 Å². The minimum Gasteiger partial charge on any atom is -0.465 e. The van der Waals surface area contributed by atoms with E-state index in [4.69, 9.17) is 9.72 Å². The SMILES string of the molecule is CC[C@H]1CC(C)N(C(=O)[C@@H](NC(=O)OC)C(C)C)[C@@H]1c1nc2ccc(-c3ccc4c(c3)C(F)(F)c3cc(-c5cnc([C@@H]6CC7(CC7)CN6C(=O)[C@@H](NC(=O)O)C(C)C)[nH]5)ccc3-4)cc2[nH]1. The lowest BCUT2D eigenvalue weighted by molar-refractivity contribution is -0.138. The van der Waals surface area contributed by atoms with Crippen LogP contribution in [0.2, 0.25) is 0 Å². The van der Waals surface area contributed by atoms with Crippen molar-refractivity contribution in [1.29, 1.82) is 0 Å². The van der Waals surface area contributed by atoms with Crippen LogP contribution in [0.25, 0.3) is 44.5 Å². The van der Waals surface area contributed by atoms with Crippen LogP contribution in [0.3, 0.4) is 0 Å². The number of amides is 4. The summed E-state index contributed by atoms with van der Waals surface area (Å²) < 4.78 is 38.2. The molecule has 4 amide bonds. The number of halogens is 2. The summed E-state index contributed by atoms with van der Waals surface area (Å²) in [6, 6.07) is 13.2. The molecule has 9 rings (SSSR count). The number of H-pyrrole nitrogens is 2. The fraction of sp³-hybridized carbons (Fsp3) is 0.469. The third-order valence-corrected chi connectivity index (χ3v) is 14.3. The molecule has 1 saturated carbocycles. The quantitative estimate of drug-likeness (QED) is 0.0869. The number of imidazole rings is 2. The number of hydrogen-bond acceptors (Lipinski definition) is 7. The smallest absolute Gasteiger partial charge is 0.407 e. The van der Waals surface area contributed by atoms with Crippen LogP contribution in [-0.2, 0) is 20.2 Å². The zero-order valence-corrected chi connectivity index (χ0v) is 37.7. The first-order valence-corrected chi connectivity index (χ1v) is 22.6. The first kappa shape index (κ1) is 43.9. The van der Waals surface area contributed by atoms with Gasteiger partial charge in [-0.2, -0.15) is 8.78 Å². The molecule has 5 aromatic rings. The fourth-order valence-corrected chi connectivity index (χ4v) is 10.6. The Morgan fingerprint density at radius 1 is 0.877 bits per heavy atom.